The fraction of sp³-hybridized carbons (Fsp3) is 0.308. The van der Waals surface area contributed by atoms with E-state index in [1.165, 1.54) is 6.92 Å². The number of ether oxygens (including phenoxy) is 1. The first kappa shape index (κ1) is 13.1. The number of methoxy groups -OCH3 is 1. The van der Waals surface area contributed by atoms with Gasteiger partial charge in [0.2, 0.25) is 17.6 Å². The van der Waals surface area contributed by atoms with Crippen LogP contribution in [0.15, 0.2) is 28.8 Å². The quantitative estimate of drug-likeness (QED) is 0.880. The molecule has 0 atom stereocenters. The van der Waals surface area contributed by atoms with Gasteiger partial charge in [0.15, 0.2) is 0 Å². The molecule has 1 N–H and O–H groups in total. The molecule has 1 heterocycles. The Bertz CT molecular complexity index is 566. The molecule has 1 amide bonds. The Morgan fingerprint density at radius 3 is 2.95 bits per heavy atom. The summed E-state index contributed by atoms with van der Waals surface area (Å²) in [7, 11) is 1.59. The summed E-state index contributed by atoms with van der Waals surface area (Å²) >= 11 is 0. The molecule has 0 aliphatic carbocycles. The van der Waals surface area contributed by atoms with Crippen LogP contribution >= 0.6 is 0 Å². The average molecular weight is 261 g/mol. The minimum atomic E-state index is -0.0792. The highest BCUT2D eigenvalue weighted by atomic mass is 16.5. The number of amides is 1. The highest BCUT2D eigenvalue weighted by Crippen LogP contribution is 2.26. The minimum absolute atomic E-state index is 0.0792. The summed E-state index contributed by atoms with van der Waals surface area (Å²) < 4.78 is 10.4. The summed E-state index contributed by atoms with van der Waals surface area (Å²) in [5.41, 5.74) is 0.777. The van der Waals surface area contributed by atoms with E-state index in [0.29, 0.717) is 30.4 Å². The molecule has 0 aliphatic rings. The van der Waals surface area contributed by atoms with Gasteiger partial charge in [-0.2, -0.15) is 4.98 Å². The zero-order valence-corrected chi connectivity index (χ0v) is 10.8. The maximum absolute atomic E-state index is 10.7. The number of nitrogens with zero attached hydrogens (tertiary/aromatic N) is 2. The second kappa shape index (κ2) is 5.99. The van der Waals surface area contributed by atoms with Crippen molar-refractivity contribution in [2.24, 2.45) is 0 Å². The summed E-state index contributed by atoms with van der Waals surface area (Å²) in [4.78, 5) is 15.0. The molecule has 0 bridgehead atoms. The molecule has 2 rings (SSSR count). The van der Waals surface area contributed by atoms with Crippen LogP contribution in [0, 0.1) is 0 Å². The van der Waals surface area contributed by atoms with Crippen molar-refractivity contribution in [1.29, 1.82) is 0 Å². The Labute approximate surface area is 110 Å². The van der Waals surface area contributed by atoms with Crippen LogP contribution in [0.1, 0.15) is 12.8 Å². The molecule has 0 saturated heterocycles. The molecule has 6 nitrogen and oxygen atoms in total. The molecule has 100 valence electrons. The van der Waals surface area contributed by atoms with E-state index < -0.39 is 0 Å². The Balaban J connectivity index is 2.10. The summed E-state index contributed by atoms with van der Waals surface area (Å²) in [5.74, 6) is 1.58. The van der Waals surface area contributed by atoms with Gasteiger partial charge in [-0.1, -0.05) is 17.3 Å². The standard InChI is InChI=1S/C13H15N3O3/c1-9(17)14-8-7-12-15-13(16-19-12)10-5-3-4-6-11(10)18-2/h3-6H,7-8H2,1-2H3,(H,14,17). The lowest BCUT2D eigenvalue weighted by Crippen LogP contribution is -2.22. The van der Waals surface area contributed by atoms with E-state index >= 15 is 0 Å². The molecule has 1 aromatic heterocycles. The lowest BCUT2D eigenvalue weighted by atomic mass is 10.2. The lowest BCUT2D eigenvalue weighted by molar-refractivity contribution is -0.118. The molecule has 0 saturated carbocycles. The minimum Gasteiger partial charge on any atom is -0.496 e. The molecule has 0 fully saturated rings. The number of nitrogens with one attached hydrogen (secondary N) is 1. The Morgan fingerprint density at radius 1 is 1.42 bits per heavy atom. The molecule has 19 heavy (non-hydrogen) atoms. The van der Waals surface area contributed by atoms with Crippen molar-refractivity contribution in [3.05, 3.63) is 30.2 Å². The molecule has 0 spiro atoms. The van der Waals surface area contributed by atoms with Gasteiger partial charge in [0.25, 0.3) is 0 Å². The Hall–Kier alpha value is -2.37. The van der Waals surface area contributed by atoms with E-state index in [1.54, 1.807) is 7.11 Å². The van der Waals surface area contributed by atoms with E-state index in [1.807, 2.05) is 24.3 Å². The number of carbonyl (C=O) groups excluding carboxylic acids is 1. The van der Waals surface area contributed by atoms with Crippen molar-refractivity contribution < 1.29 is 14.1 Å². The first-order valence-electron chi connectivity index (χ1n) is 5.91. The van der Waals surface area contributed by atoms with Gasteiger partial charge in [0, 0.05) is 19.9 Å². The van der Waals surface area contributed by atoms with Crippen LogP contribution < -0.4 is 10.1 Å². The fourth-order valence-corrected chi connectivity index (χ4v) is 1.64. The second-order valence-corrected chi connectivity index (χ2v) is 3.94. The van der Waals surface area contributed by atoms with Crippen LogP contribution in [0.5, 0.6) is 5.75 Å². The van der Waals surface area contributed by atoms with Gasteiger partial charge < -0.3 is 14.6 Å². The fourth-order valence-electron chi connectivity index (χ4n) is 1.64. The number of para-hydroxylation sites is 1. The molecule has 2 aromatic rings. The van der Waals surface area contributed by atoms with Crippen molar-refractivity contribution in [1.82, 2.24) is 15.5 Å². The van der Waals surface area contributed by atoms with Gasteiger partial charge in [0.05, 0.1) is 12.7 Å². The number of rotatable bonds is 5. The molecule has 0 radical (unpaired) electrons. The molecule has 0 unspecified atom stereocenters. The molecule has 0 aliphatic heterocycles. The van der Waals surface area contributed by atoms with Crippen LogP contribution in [0.25, 0.3) is 11.4 Å². The van der Waals surface area contributed by atoms with Crippen molar-refractivity contribution in [3.8, 4) is 17.1 Å². The van der Waals surface area contributed by atoms with Gasteiger partial charge in [-0.3, -0.25) is 4.79 Å². The van der Waals surface area contributed by atoms with Crippen molar-refractivity contribution in [3.63, 3.8) is 0 Å². The number of benzene rings is 1. The van der Waals surface area contributed by atoms with Crippen LogP contribution in [0.2, 0.25) is 0 Å². The van der Waals surface area contributed by atoms with Crippen molar-refractivity contribution in [2.45, 2.75) is 13.3 Å². The molecular weight excluding hydrogens is 246 g/mol. The van der Waals surface area contributed by atoms with E-state index in [4.69, 9.17) is 9.26 Å². The van der Waals surface area contributed by atoms with E-state index in [9.17, 15) is 4.79 Å². The van der Waals surface area contributed by atoms with Crippen LogP contribution in [-0.2, 0) is 11.2 Å². The largest absolute Gasteiger partial charge is 0.496 e. The van der Waals surface area contributed by atoms with Gasteiger partial charge in [-0.05, 0) is 12.1 Å². The Morgan fingerprint density at radius 2 is 2.21 bits per heavy atom. The number of carbonyl (C=O) groups is 1. The molecular formula is C13H15N3O3. The van der Waals surface area contributed by atoms with E-state index in [0.717, 1.165) is 5.56 Å². The van der Waals surface area contributed by atoms with Crippen molar-refractivity contribution >= 4 is 5.91 Å². The second-order valence-electron chi connectivity index (χ2n) is 3.94. The van der Waals surface area contributed by atoms with E-state index in [-0.39, 0.29) is 5.91 Å². The van der Waals surface area contributed by atoms with Gasteiger partial charge in [-0.15, -0.1) is 0 Å². The lowest BCUT2D eigenvalue weighted by Gasteiger charge is -2.03. The number of hydrogen-bond acceptors (Lipinski definition) is 5. The summed E-state index contributed by atoms with van der Waals surface area (Å²) in [5, 5.41) is 6.59. The highest BCUT2D eigenvalue weighted by molar-refractivity contribution is 5.72. The summed E-state index contributed by atoms with van der Waals surface area (Å²) in [6.45, 7) is 1.94. The van der Waals surface area contributed by atoms with E-state index in [2.05, 4.69) is 15.5 Å². The third-order valence-electron chi connectivity index (χ3n) is 2.53. The number of aromatic nitrogens is 2. The van der Waals surface area contributed by atoms with Gasteiger partial charge in [-0.25, -0.2) is 0 Å². The predicted molar refractivity (Wildman–Crippen MR) is 68.7 cm³/mol. The zero-order valence-electron chi connectivity index (χ0n) is 10.8. The topological polar surface area (TPSA) is 77.3 Å². The van der Waals surface area contributed by atoms with Crippen LogP contribution in [0.3, 0.4) is 0 Å². The first-order valence-corrected chi connectivity index (χ1v) is 5.91. The predicted octanol–water partition coefficient (Wildman–Crippen LogP) is 1.42. The number of hydrogen-bond donors (Lipinski definition) is 1. The maximum atomic E-state index is 10.7. The third kappa shape index (κ3) is 3.31. The highest BCUT2D eigenvalue weighted by Gasteiger charge is 2.12. The first-order chi connectivity index (χ1) is 9.20. The summed E-state index contributed by atoms with van der Waals surface area (Å²) in [6, 6.07) is 7.45. The smallest absolute Gasteiger partial charge is 0.228 e. The van der Waals surface area contributed by atoms with Gasteiger partial charge >= 0.3 is 0 Å². The Kier molecular flexibility index (Phi) is 4.12. The third-order valence-corrected chi connectivity index (χ3v) is 2.53. The maximum Gasteiger partial charge on any atom is 0.228 e. The normalized spacial score (nSPS) is 10.2. The molecule has 6 heteroatoms. The zero-order chi connectivity index (χ0) is 13.7. The monoisotopic (exact) mass is 261 g/mol. The van der Waals surface area contributed by atoms with Crippen molar-refractivity contribution in [2.75, 3.05) is 13.7 Å². The average Bonchev–Trinajstić information content (AvgIpc) is 2.87. The SMILES string of the molecule is COc1ccccc1-c1noc(CCNC(C)=O)n1. The molecule has 1 aromatic carbocycles. The van der Waals surface area contributed by atoms with Crippen LogP contribution in [-0.4, -0.2) is 29.7 Å². The van der Waals surface area contributed by atoms with Gasteiger partial charge in [0.1, 0.15) is 5.75 Å². The summed E-state index contributed by atoms with van der Waals surface area (Å²) in [6.07, 6.45) is 0.502. The van der Waals surface area contributed by atoms with Crippen LogP contribution in [0.4, 0.5) is 0 Å².